The molecule has 1 heterocycles. The first-order valence-electron chi connectivity index (χ1n) is 10.4. The maximum atomic E-state index is 13.5. The fourth-order valence-electron chi connectivity index (χ4n) is 4.16. The van der Waals surface area contributed by atoms with Crippen LogP contribution in [0.15, 0.2) is 23.1 Å². The molecule has 1 aliphatic rings. The van der Waals surface area contributed by atoms with Gasteiger partial charge in [-0.05, 0) is 88.0 Å². The summed E-state index contributed by atoms with van der Waals surface area (Å²) in [6.07, 6.45) is -4.40. The summed E-state index contributed by atoms with van der Waals surface area (Å²) >= 11 is 0. The Labute approximate surface area is 187 Å². The Morgan fingerprint density at radius 3 is 2.06 bits per heavy atom. The molecule has 9 heteroatoms. The van der Waals surface area contributed by atoms with Crippen molar-refractivity contribution in [1.29, 1.82) is 0 Å². The van der Waals surface area contributed by atoms with Gasteiger partial charge in [0.15, 0.2) is 0 Å². The van der Waals surface area contributed by atoms with E-state index in [1.54, 1.807) is 13.8 Å². The van der Waals surface area contributed by atoms with Crippen LogP contribution >= 0.6 is 0 Å². The summed E-state index contributed by atoms with van der Waals surface area (Å²) in [4.78, 5) is 2.12. The number of ether oxygens (including phenoxy) is 1. The number of nitrogens with zero attached hydrogens (tertiary/aromatic N) is 1. The molecule has 0 radical (unpaired) electrons. The predicted molar refractivity (Wildman–Crippen MR) is 119 cm³/mol. The summed E-state index contributed by atoms with van der Waals surface area (Å²) in [5.74, 6) is -0.372. The predicted octanol–water partition coefficient (Wildman–Crippen LogP) is 5.13. The average molecular weight is 471 g/mol. The van der Waals surface area contributed by atoms with E-state index < -0.39 is 21.8 Å². The van der Waals surface area contributed by atoms with Crippen molar-refractivity contribution in [2.24, 2.45) is 0 Å². The average Bonchev–Trinajstić information content (AvgIpc) is 3.08. The van der Waals surface area contributed by atoms with Crippen LogP contribution in [0.2, 0.25) is 0 Å². The highest BCUT2D eigenvalue weighted by Gasteiger charge is 2.36. The molecular formula is C23H29F3N2O3S. The van der Waals surface area contributed by atoms with Gasteiger partial charge in [0.2, 0.25) is 0 Å². The standard InChI is InChI=1S/C23H29F3N2O3S/c1-13-14(2)16(4)22(17(5)15(13)3)32(29,30)27-18-7-8-20(23(24,25)26)21(11-18)31-19-9-10-28(6)12-19/h7-8,11,19,27H,9-10,12H2,1-6H3/t19-/m0/s1. The lowest BCUT2D eigenvalue weighted by Crippen LogP contribution is -2.23. The van der Waals surface area contributed by atoms with Crippen molar-refractivity contribution in [2.75, 3.05) is 24.9 Å². The van der Waals surface area contributed by atoms with Crippen molar-refractivity contribution < 1.29 is 26.3 Å². The van der Waals surface area contributed by atoms with Gasteiger partial charge < -0.3 is 9.64 Å². The smallest absolute Gasteiger partial charge is 0.419 e. The summed E-state index contributed by atoms with van der Waals surface area (Å²) in [7, 11) is -2.16. The van der Waals surface area contributed by atoms with Crippen LogP contribution in [0.1, 0.15) is 39.8 Å². The van der Waals surface area contributed by atoms with E-state index in [-0.39, 0.29) is 22.4 Å². The lowest BCUT2D eigenvalue weighted by Gasteiger charge is -2.21. The van der Waals surface area contributed by atoms with Gasteiger partial charge in [-0.25, -0.2) is 8.42 Å². The second kappa shape index (κ2) is 8.59. The Bertz CT molecular complexity index is 1120. The largest absolute Gasteiger partial charge is 0.488 e. The highest BCUT2D eigenvalue weighted by atomic mass is 32.2. The molecule has 3 rings (SSSR count). The zero-order valence-electron chi connectivity index (χ0n) is 19.1. The number of nitrogens with one attached hydrogen (secondary N) is 1. The van der Waals surface area contributed by atoms with Gasteiger partial charge in [0, 0.05) is 19.2 Å². The van der Waals surface area contributed by atoms with Crippen molar-refractivity contribution >= 4 is 15.7 Å². The Kier molecular flexibility index (Phi) is 6.55. The van der Waals surface area contributed by atoms with Crippen molar-refractivity contribution in [3.05, 3.63) is 51.6 Å². The van der Waals surface area contributed by atoms with Gasteiger partial charge in [0.05, 0.1) is 16.1 Å². The Morgan fingerprint density at radius 2 is 1.56 bits per heavy atom. The first kappa shape index (κ1) is 24.4. The van der Waals surface area contributed by atoms with Gasteiger partial charge in [-0.3, -0.25) is 4.72 Å². The number of hydrogen-bond donors (Lipinski definition) is 1. The minimum Gasteiger partial charge on any atom is -0.488 e. The van der Waals surface area contributed by atoms with Crippen LogP contribution in [-0.4, -0.2) is 39.6 Å². The molecule has 0 unspecified atom stereocenters. The molecule has 1 aliphatic heterocycles. The molecule has 0 amide bonds. The third kappa shape index (κ3) is 4.73. The van der Waals surface area contributed by atoms with Gasteiger partial charge in [-0.2, -0.15) is 13.2 Å². The van der Waals surface area contributed by atoms with Crippen molar-refractivity contribution in [1.82, 2.24) is 4.90 Å². The third-order valence-corrected chi connectivity index (χ3v) is 8.04. The van der Waals surface area contributed by atoms with Crippen molar-refractivity contribution in [3.63, 3.8) is 0 Å². The number of hydrogen-bond acceptors (Lipinski definition) is 4. The second-order valence-electron chi connectivity index (χ2n) is 8.56. The van der Waals surface area contributed by atoms with Crippen LogP contribution in [0.25, 0.3) is 0 Å². The van der Waals surface area contributed by atoms with Crippen LogP contribution in [0, 0.1) is 34.6 Å². The summed E-state index contributed by atoms with van der Waals surface area (Å²) in [6.45, 7) is 10.4. The van der Waals surface area contributed by atoms with E-state index >= 15 is 0 Å². The van der Waals surface area contributed by atoms with Crippen LogP contribution in [0.4, 0.5) is 18.9 Å². The zero-order chi connectivity index (χ0) is 24.0. The SMILES string of the molecule is Cc1c(C)c(C)c(S(=O)(=O)Nc2ccc(C(F)(F)F)c(O[C@H]3CCN(C)C3)c2)c(C)c1C. The summed E-state index contributed by atoms with van der Waals surface area (Å²) in [6, 6.07) is 3.10. The maximum Gasteiger partial charge on any atom is 0.419 e. The normalized spacial score (nSPS) is 17.6. The molecule has 2 aromatic carbocycles. The van der Waals surface area contributed by atoms with E-state index in [1.807, 2.05) is 32.7 Å². The molecule has 1 atom stereocenters. The van der Waals surface area contributed by atoms with Crippen LogP contribution < -0.4 is 9.46 Å². The van der Waals surface area contributed by atoms with Crippen LogP contribution in [-0.2, 0) is 16.2 Å². The molecule has 5 nitrogen and oxygen atoms in total. The van der Waals surface area contributed by atoms with Gasteiger partial charge in [0.25, 0.3) is 10.0 Å². The maximum absolute atomic E-state index is 13.5. The molecule has 176 valence electrons. The molecule has 0 saturated carbocycles. The number of anilines is 1. The van der Waals surface area contributed by atoms with Gasteiger partial charge >= 0.3 is 6.18 Å². The quantitative estimate of drug-likeness (QED) is 0.658. The molecule has 2 aromatic rings. The van der Waals surface area contributed by atoms with Gasteiger partial charge in [-0.1, -0.05) is 0 Å². The monoisotopic (exact) mass is 470 g/mol. The topological polar surface area (TPSA) is 58.6 Å². The molecule has 0 bridgehead atoms. The Hall–Kier alpha value is -2.26. The number of rotatable bonds is 5. The number of likely N-dealkylation sites (N-methyl/N-ethyl adjacent to an activating group) is 1. The third-order valence-electron chi connectivity index (χ3n) is 6.38. The summed E-state index contributed by atoms with van der Waals surface area (Å²) in [5, 5.41) is 0. The Balaban J connectivity index is 2.01. The summed E-state index contributed by atoms with van der Waals surface area (Å²) in [5.41, 5.74) is 3.10. The number of likely N-dealkylation sites (tertiary alicyclic amines) is 1. The van der Waals surface area contributed by atoms with E-state index in [0.717, 1.165) is 41.4 Å². The molecule has 0 aromatic heterocycles. The fraction of sp³-hybridized carbons (Fsp3) is 0.478. The highest BCUT2D eigenvalue weighted by molar-refractivity contribution is 7.92. The van der Waals surface area contributed by atoms with Crippen LogP contribution in [0.5, 0.6) is 5.75 Å². The van der Waals surface area contributed by atoms with E-state index in [4.69, 9.17) is 4.74 Å². The molecule has 1 saturated heterocycles. The van der Waals surface area contributed by atoms with Crippen LogP contribution in [0.3, 0.4) is 0 Å². The number of halogens is 3. The molecular weight excluding hydrogens is 441 g/mol. The fourth-order valence-corrected chi connectivity index (χ4v) is 5.81. The lowest BCUT2D eigenvalue weighted by atomic mass is 9.95. The first-order valence-corrected chi connectivity index (χ1v) is 11.9. The highest BCUT2D eigenvalue weighted by Crippen LogP contribution is 2.39. The van der Waals surface area contributed by atoms with E-state index in [9.17, 15) is 21.6 Å². The minimum atomic E-state index is -4.62. The summed E-state index contributed by atoms with van der Waals surface area (Å²) < 4.78 is 75.3. The van der Waals surface area contributed by atoms with Crippen molar-refractivity contribution in [2.45, 2.75) is 58.2 Å². The molecule has 0 spiro atoms. The lowest BCUT2D eigenvalue weighted by molar-refractivity contribution is -0.139. The van der Waals surface area contributed by atoms with Gasteiger partial charge in [-0.15, -0.1) is 0 Å². The number of alkyl halides is 3. The number of benzene rings is 2. The molecule has 0 aliphatic carbocycles. The minimum absolute atomic E-state index is 0.0223. The van der Waals surface area contributed by atoms with E-state index in [1.165, 1.54) is 0 Å². The second-order valence-corrected chi connectivity index (χ2v) is 10.2. The first-order chi connectivity index (χ1) is 14.7. The molecule has 1 fully saturated rings. The van der Waals surface area contributed by atoms with Gasteiger partial charge in [0.1, 0.15) is 11.9 Å². The van der Waals surface area contributed by atoms with Crippen molar-refractivity contribution in [3.8, 4) is 5.75 Å². The number of sulfonamides is 1. The zero-order valence-corrected chi connectivity index (χ0v) is 20.0. The molecule has 1 N–H and O–H groups in total. The molecule has 32 heavy (non-hydrogen) atoms. The Morgan fingerprint density at radius 1 is 1.00 bits per heavy atom. The van der Waals surface area contributed by atoms with E-state index in [0.29, 0.717) is 24.1 Å². The van der Waals surface area contributed by atoms with E-state index in [2.05, 4.69) is 4.72 Å².